The molecule has 7 nitrogen and oxygen atoms in total. The molecule has 0 unspecified atom stereocenters. The first-order valence-corrected chi connectivity index (χ1v) is 12.8. The van der Waals surface area contributed by atoms with Crippen LogP contribution in [0.15, 0.2) is 60.7 Å². The number of likely N-dealkylation sites (tertiary alicyclic amines) is 1. The van der Waals surface area contributed by atoms with E-state index in [9.17, 15) is 31.2 Å². The zero-order chi connectivity index (χ0) is 26.7. The number of hydrogen-bond donors (Lipinski definition) is 2. The van der Waals surface area contributed by atoms with E-state index in [1.165, 1.54) is 16.9 Å². The minimum atomic E-state index is -5.65. The number of anilines is 1. The molecule has 1 fully saturated rings. The smallest absolute Gasteiger partial charge is 0.341 e. The second-order valence-corrected chi connectivity index (χ2v) is 10.6. The van der Waals surface area contributed by atoms with E-state index in [1.807, 2.05) is 24.3 Å². The predicted molar refractivity (Wildman–Crippen MR) is 131 cm³/mol. The van der Waals surface area contributed by atoms with E-state index in [1.54, 1.807) is 11.8 Å². The number of nitrogens with one attached hydrogen (secondary N) is 2. The van der Waals surface area contributed by atoms with E-state index in [-0.39, 0.29) is 17.4 Å². The van der Waals surface area contributed by atoms with Crippen molar-refractivity contribution in [2.24, 2.45) is 0 Å². The number of carbonyl (C=O) groups excluding carboxylic acids is 2. The minimum Gasteiger partial charge on any atom is -0.341 e. The molecule has 1 atom stereocenters. The Balaban J connectivity index is 1.66. The quantitative estimate of drug-likeness (QED) is 0.496. The van der Waals surface area contributed by atoms with Crippen molar-refractivity contribution in [3.63, 3.8) is 0 Å². The van der Waals surface area contributed by atoms with Crippen LogP contribution in [0.5, 0.6) is 0 Å². The van der Waals surface area contributed by atoms with Gasteiger partial charge in [-0.25, -0.2) is 0 Å². The lowest BCUT2D eigenvalue weighted by molar-refractivity contribution is -0.133. The Labute approximate surface area is 212 Å². The molecule has 0 radical (unpaired) electrons. The van der Waals surface area contributed by atoms with Crippen LogP contribution < -0.4 is 10.0 Å². The first-order valence-electron chi connectivity index (χ1n) is 11.0. The number of sulfonamides is 1. The van der Waals surface area contributed by atoms with Crippen molar-refractivity contribution in [3.8, 4) is 0 Å². The van der Waals surface area contributed by atoms with Crippen molar-refractivity contribution in [2.45, 2.75) is 37.2 Å². The lowest BCUT2D eigenvalue weighted by Crippen LogP contribution is -2.51. The van der Waals surface area contributed by atoms with E-state index >= 15 is 0 Å². The largest absolute Gasteiger partial charge is 0.516 e. The summed E-state index contributed by atoms with van der Waals surface area (Å²) < 4.78 is 62.1. The summed E-state index contributed by atoms with van der Waals surface area (Å²) in [6.07, 6.45) is 1.46. The number of nitrogens with zero attached hydrogens (tertiary/aromatic N) is 1. The third-order valence-corrected chi connectivity index (χ3v) is 7.21. The first-order chi connectivity index (χ1) is 16.8. The summed E-state index contributed by atoms with van der Waals surface area (Å²) in [5, 5.41) is 3.20. The normalized spacial score (nSPS) is 15.8. The zero-order valence-corrected chi connectivity index (χ0v) is 20.9. The van der Waals surface area contributed by atoms with Crippen LogP contribution in [0.25, 0.3) is 0 Å². The van der Waals surface area contributed by atoms with Crippen molar-refractivity contribution in [1.29, 1.82) is 0 Å². The fraction of sp³-hybridized carbons (Fsp3) is 0.333. The molecule has 36 heavy (non-hydrogen) atoms. The maximum Gasteiger partial charge on any atom is 0.516 e. The number of benzene rings is 2. The van der Waals surface area contributed by atoms with Gasteiger partial charge in [0.15, 0.2) is 0 Å². The highest BCUT2D eigenvalue weighted by atomic mass is 35.5. The maximum absolute atomic E-state index is 13.2. The van der Waals surface area contributed by atoms with Crippen LogP contribution in [0.2, 0.25) is 5.02 Å². The second-order valence-electron chi connectivity index (χ2n) is 8.54. The van der Waals surface area contributed by atoms with Gasteiger partial charge in [-0.05, 0) is 67.2 Å². The third kappa shape index (κ3) is 6.58. The van der Waals surface area contributed by atoms with Crippen LogP contribution in [0, 0.1) is 0 Å². The molecular weight excluding hydrogens is 519 g/mol. The van der Waals surface area contributed by atoms with E-state index in [0.29, 0.717) is 23.7 Å². The molecule has 1 aliphatic heterocycles. The first kappa shape index (κ1) is 27.5. The molecule has 2 N–H and O–H groups in total. The van der Waals surface area contributed by atoms with Gasteiger partial charge in [0, 0.05) is 29.4 Å². The van der Waals surface area contributed by atoms with Crippen molar-refractivity contribution < 1.29 is 31.2 Å². The monoisotopic (exact) mass is 543 g/mol. The van der Waals surface area contributed by atoms with Gasteiger partial charge < -0.3 is 10.2 Å². The topological polar surface area (TPSA) is 95.6 Å². The highest BCUT2D eigenvalue weighted by molar-refractivity contribution is 7.93. The lowest BCUT2D eigenvalue weighted by atomic mass is 9.89. The average Bonchev–Trinajstić information content (AvgIpc) is 2.81. The summed E-state index contributed by atoms with van der Waals surface area (Å²) in [4.78, 5) is 27.6. The number of hydrogen-bond acceptors (Lipinski definition) is 4. The van der Waals surface area contributed by atoms with Gasteiger partial charge in [0.25, 0.3) is 5.91 Å². The Kier molecular flexibility index (Phi) is 8.35. The average molecular weight is 544 g/mol. The van der Waals surface area contributed by atoms with Gasteiger partial charge in [0.2, 0.25) is 5.91 Å². The molecule has 0 bridgehead atoms. The van der Waals surface area contributed by atoms with Gasteiger partial charge >= 0.3 is 15.5 Å². The summed E-state index contributed by atoms with van der Waals surface area (Å²) in [5.74, 6) is -0.841. The Bertz CT molecular complexity index is 1240. The van der Waals surface area contributed by atoms with Gasteiger partial charge in [0.1, 0.15) is 6.04 Å². The third-order valence-electron chi connectivity index (χ3n) is 5.84. The summed E-state index contributed by atoms with van der Waals surface area (Å²) in [5.41, 5.74) is -4.57. The van der Waals surface area contributed by atoms with Crippen LogP contribution in [0.4, 0.5) is 18.9 Å². The summed E-state index contributed by atoms with van der Waals surface area (Å²) >= 11 is 5.95. The number of alkyl halides is 3. The molecule has 194 valence electrons. The minimum absolute atomic E-state index is 0.127. The Morgan fingerprint density at radius 2 is 1.72 bits per heavy atom. The Morgan fingerprint density at radius 1 is 1.11 bits per heavy atom. The van der Waals surface area contributed by atoms with Crippen LogP contribution in [-0.2, 0) is 14.8 Å². The van der Waals surface area contributed by atoms with Crippen molar-refractivity contribution in [3.05, 3.63) is 76.8 Å². The molecule has 2 amide bonds. The van der Waals surface area contributed by atoms with E-state index in [4.69, 9.17) is 11.6 Å². The highest BCUT2D eigenvalue weighted by Crippen LogP contribution is 2.29. The molecule has 0 saturated carbocycles. The van der Waals surface area contributed by atoms with Crippen molar-refractivity contribution >= 4 is 39.1 Å². The van der Waals surface area contributed by atoms with Gasteiger partial charge in [0.05, 0.1) is 0 Å². The van der Waals surface area contributed by atoms with Crippen molar-refractivity contribution in [2.75, 3.05) is 17.8 Å². The number of carbonyl (C=O) groups is 2. The molecule has 12 heteroatoms. The SMILES string of the molecule is C=C(C)[C@@H](NC(=O)c1cccc(NS(=O)(=O)C(F)(F)F)c1)C(=O)N1CCC(c2ccc(Cl)cc2)CC1. The molecule has 0 aliphatic carbocycles. The Hall–Kier alpha value is -3.05. The van der Waals surface area contributed by atoms with Crippen molar-refractivity contribution in [1.82, 2.24) is 10.2 Å². The maximum atomic E-state index is 13.2. The fourth-order valence-corrected chi connectivity index (χ4v) is 4.58. The van der Waals surface area contributed by atoms with Crippen LogP contribution in [0.3, 0.4) is 0 Å². The van der Waals surface area contributed by atoms with E-state index < -0.39 is 33.2 Å². The van der Waals surface area contributed by atoms with Gasteiger partial charge in [-0.15, -0.1) is 0 Å². The lowest BCUT2D eigenvalue weighted by Gasteiger charge is -2.34. The number of halogens is 4. The van der Waals surface area contributed by atoms with Gasteiger partial charge in [-0.2, -0.15) is 21.6 Å². The number of amides is 2. The molecule has 0 aromatic heterocycles. The summed E-state index contributed by atoms with van der Waals surface area (Å²) in [7, 11) is -5.65. The molecule has 2 aromatic carbocycles. The predicted octanol–water partition coefficient (Wildman–Crippen LogP) is 4.68. The molecule has 3 rings (SSSR count). The van der Waals surface area contributed by atoms with E-state index in [2.05, 4.69) is 11.9 Å². The zero-order valence-electron chi connectivity index (χ0n) is 19.3. The number of rotatable bonds is 7. The Morgan fingerprint density at radius 3 is 2.28 bits per heavy atom. The molecular formula is C24H25ClF3N3O4S. The van der Waals surface area contributed by atoms with Crippen LogP contribution >= 0.6 is 11.6 Å². The van der Waals surface area contributed by atoms with Gasteiger partial charge in [-0.1, -0.05) is 36.4 Å². The number of piperidine rings is 1. The van der Waals surface area contributed by atoms with E-state index in [0.717, 1.165) is 30.5 Å². The van der Waals surface area contributed by atoms with Crippen LogP contribution in [-0.4, -0.2) is 49.8 Å². The molecule has 2 aromatic rings. The highest BCUT2D eigenvalue weighted by Gasteiger charge is 2.46. The molecule has 0 spiro atoms. The second kappa shape index (κ2) is 10.9. The summed E-state index contributed by atoms with van der Waals surface area (Å²) in [6.45, 7) is 6.32. The summed E-state index contributed by atoms with van der Waals surface area (Å²) in [6, 6.07) is 11.1. The van der Waals surface area contributed by atoms with Gasteiger partial charge in [-0.3, -0.25) is 14.3 Å². The molecule has 1 heterocycles. The molecule has 1 aliphatic rings. The molecule has 1 saturated heterocycles. The van der Waals surface area contributed by atoms with Crippen LogP contribution in [0.1, 0.15) is 41.6 Å². The standard InChI is InChI=1S/C24H25ClF3N3O4S/c1-15(2)21(23(33)31-12-10-17(11-13-31)16-6-8-19(25)9-7-16)29-22(32)18-4-3-5-20(14-18)30-36(34,35)24(26,27)28/h3-9,14,17,21,30H,1,10-13H2,2H3,(H,29,32)/t21-/m1/s1. The fourth-order valence-electron chi connectivity index (χ4n) is 3.90.